The van der Waals surface area contributed by atoms with Crippen LogP contribution in [0.3, 0.4) is 0 Å². The van der Waals surface area contributed by atoms with Crippen molar-refractivity contribution in [2.75, 3.05) is 4.90 Å². The summed E-state index contributed by atoms with van der Waals surface area (Å²) in [6.45, 7) is 0. The predicted molar refractivity (Wildman–Crippen MR) is 280 cm³/mol. The average Bonchev–Trinajstić information content (AvgIpc) is 1.51. The minimum absolute atomic E-state index is 0.103. The Balaban J connectivity index is 1.20. The molecule has 0 N–H and O–H groups in total. The molecule has 0 amide bonds. The monoisotopic (exact) mass is 888 g/mol. The molecule has 0 saturated heterocycles. The second kappa shape index (κ2) is 15.8. The summed E-state index contributed by atoms with van der Waals surface area (Å²) < 4.78 is 322. The number of fused-ring (bicyclic) bond motifs is 7. The molecular formula is C65H43NO. The molecule has 67 heavy (non-hydrogen) atoms. The Morgan fingerprint density at radius 1 is 0.358 bits per heavy atom. The van der Waals surface area contributed by atoms with Crippen LogP contribution in [0.25, 0.3) is 77.2 Å². The molecule has 0 saturated carbocycles. The molecule has 0 spiro atoms. The molecule has 1 aromatic heterocycles. The number of para-hydroxylation sites is 1. The topological polar surface area (TPSA) is 16.4 Å². The highest BCUT2D eigenvalue weighted by Crippen LogP contribution is 2.57. The van der Waals surface area contributed by atoms with Gasteiger partial charge in [0.2, 0.25) is 0 Å². The highest BCUT2D eigenvalue weighted by atomic mass is 16.3. The van der Waals surface area contributed by atoms with E-state index in [4.69, 9.17) is 26.3 Å². The van der Waals surface area contributed by atoms with Gasteiger partial charge in [-0.3, -0.25) is 0 Å². The summed E-state index contributed by atoms with van der Waals surface area (Å²) in [5, 5.41) is -0.630. The van der Waals surface area contributed by atoms with Crippen molar-refractivity contribution in [3.05, 3.63) is 282 Å². The molecule has 1 aliphatic carbocycles. The SMILES string of the molecule is [2H]c1cc(C2(c3c([2H])cc([2H])c([2H])c3[2H])c3c([2H])c([2H])c([2H])c([2H])c3-c3c([2H])c([2H])c(N(c4cc([2H])c(-c5c([2H])c([2H])c6cccc([2H])c6c5-c5c([2H])cc6c(oc7c([2H])c([2H])c([2H])c([2H])c76)c5[2H])c([2H])c4)c4cc([2H])c(-c5c([2H])c([2H])c([2H])c([2H])c5[2H])c([2H])c4[2H])c([2H])c32)c([2H])c([2H])c1[2H]. The third kappa shape index (κ3) is 6.26. The summed E-state index contributed by atoms with van der Waals surface area (Å²) in [5.74, 6) is 0. The summed E-state index contributed by atoms with van der Waals surface area (Å²) in [4.78, 5) is 0.688. The molecule has 12 aromatic rings. The van der Waals surface area contributed by atoms with Gasteiger partial charge in [-0.05, 0) is 132 Å². The van der Waals surface area contributed by atoms with Gasteiger partial charge in [-0.2, -0.15) is 0 Å². The third-order valence-corrected chi connectivity index (χ3v) is 11.4. The van der Waals surface area contributed by atoms with Crippen LogP contribution in [0.5, 0.6) is 0 Å². The molecule has 13 rings (SSSR count). The maximum absolute atomic E-state index is 10.8. The van der Waals surface area contributed by atoms with Crippen LogP contribution < -0.4 is 4.90 Å². The minimum atomic E-state index is -3.10. The number of rotatable bonds is 8. The normalized spacial score (nSPS) is 21.1. The van der Waals surface area contributed by atoms with E-state index in [1.807, 2.05) is 0 Å². The molecular weight excluding hydrogens is 811 g/mol. The highest BCUT2D eigenvalue weighted by molar-refractivity contribution is 6.09. The van der Waals surface area contributed by atoms with Crippen molar-refractivity contribution in [3.8, 4) is 44.5 Å². The van der Waals surface area contributed by atoms with E-state index in [9.17, 15) is 24.7 Å². The predicted octanol–water partition coefficient (Wildman–Crippen LogP) is 17.6. The molecule has 0 radical (unpaired) electrons. The Morgan fingerprint density at radius 3 is 2.01 bits per heavy atom. The van der Waals surface area contributed by atoms with Gasteiger partial charge in [0.05, 0.1) is 52.0 Å². The van der Waals surface area contributed by atoms with Crippen molar-refractivity contribution in [3.63, 3.8) is 0 Å². The second-order valence-electron chi connectivity index (χ2n) is 14.9. The standard InChI is InChI=1S/C65H43NO/c1-4-16-44(17-5-1)45-28-34-51(35-29-45)66(53-38-41-57-56-24-12-14-26-60(56)65(61(57)43-53,49-19-6-2-7-20-49)50-21-8-3-9-22-50)52-36-30-47(31-37-52)55-39-32-46-18-10-11-23-54(46)64(55)48-33-40-59-58-25-13-15-27-62(58)67-63(59)42-48/h1-43H/i1D,2D,3D,4D,5D,6D,7D,8D,12D,13D,14D,15D,16D,17D,19D,21D,22D,23D,24D,25D,26D,27D,28D,29D,30D,31D,32D,33D,34D,38D,39D,41D,42D,43D. The van der Waals surface area contributed by atoms with Gasteiger partial charge in [-0.25, -0.2) is 0 Å². The number of benzene rings is 11. The zero-order valence-electron chi connectivity index (χ0n) is 68.1. The van der Waals surface area contributed by atoms with Crippen molar-refractivity contribution in [2.24, 2.45) is 0 Å². The quantitative estimate of drug-likeness (QED) is 0.151. The summed E-state index contributed by atoms with van der Waals surface area (Å²) >= 11 is 0. The lowest BCUT2D eigenvalue weighted by atomic mass is 9.67. The van der Waals surface area contributed by atoms with Crippen LogP contribution in [0.2, 0.25) is 0 Å². The fourth-order valence-corrected chi connectivity index (χ4v) is 8.51. The van der Waals surface area contributed by atoms with Crippen LogP contribution >= 0.6 is 0 Å². The first kappa shape index (κ1) is 17.6. The Morgan fingerprint density at radius 2 is 1.07 bits per heavy atom. The second-order valence-corrected chi connectivity index (χ2v) is 14.9. The van der Waals surface area contributed by atoms with Crippen LogP contribution in [0, 0.1) is 0 Å². The van der Waals surface area contributed by atoms with Gasteiger partial charge in [-0.15, -0.1) is 0 Å². The van der Waals surface area contributed by atoms with E-state index >= 15 is 0 Å². The molecule has 314 valence electrons. The maximum Gasteiger partial charge on any atom is 0.136 e. The first-order valence-electron chi connectivity index (χ1n) is 37.3. The van der Waals surface area contributed by atoms with Gasteiger partial charge in [0, 0.05) is 27.8 Å². The van der Waals surface area contributed by atoms with Crippen molar-refractivity contribution in [1.29, 1.82) is 0 Å². The molecule has 2 nitrogen and oxygen atoms in total. The van der Waals surface area contributed by atoms with Crippen LogP contribution in [-0.4, -0.2) is 0 Å². The van der Waals surface area contributed by atoms with Crippen LogP contribution in [-0.2, 0) is 5.41 Å². The van der Waals surface area contributed by atoms with E-state index < -0.39 is 294 Å². The smallest absolute Gasteiger partial charge is 0.136 e. The van der Waals surface area contributed by atoms with Crippen LogP contribution in [0.15, 0.2) is 264 Å². The molecule has 2 heteroatoms. The molecule has 1 unspecified atom stereocenters. The molecule has 1 heterocycles. The number of hydrogen-bond donors (Lipinski definition) is 0. The van der Waals surface area contributed by atoms with Crippen molar-refractivity contribution in [1.82, 2.24) is 0 Å². The summed E-state index contributed by atoms with van der Waals surface area (Å²) in [6.07, 6.45) is 0. The third-order valence-electron chi connectivity index (χ3n) is 11.4. The first-order valence-corrected chi connectivity index (χ1v) is 20.3. The van der Waals surface area contributed by atoms with Gasteiger partial charge >= 0.3 is 0 Å². The fraction of sp³-hybridized carbons (Fsp3) is 0.0154. The molecule has 1 atom stereocenters. The van der Waals surface area contributed by atoms with Crippen LogP contribution in [0.1, 0.15) is 68.9 Å². The maximum atomic E-state index is 10.8. The number of nitrogens with zero attached hydrogens (tertiary/aromatic N) is 1. The Hall–Kier alpha value is -8.72. The van der Waals surface area contributed by atoms with Gasteiger partial charge in [0.25, 0.3) is 0 Å². The number of hydrogen-bond acceptors (Lipinski definition) is 2. The summed E-state index contributed by atoms with van der Waals surface area (Å²) in [7, 11) is 0. The molecule has 1 aliphatic rings. The van der Waals surface area contributed by atoms with Crippen molar-refractivity contribution in [2.45, 2.75) is 5.41 Å². The van der Waals surface area contributed by atoms with E-state index in [1.54, 1.807) is 0 Å². The van der Waals surface area contributed by atoms with Crippen molar-refractivity contribution >= 4 is 49.8 Å². The molecule has 0 bridgehead atoms. The molecule has 0 aliphatic heterocycles. The van der Waals surface area contributed by atoms with Gasteiger partial charge in [-0.1, -0.05) is 206 Å². The molecule has 0 fully saturated rings. The van der Waals surface area contributed by atoms with Gasteiger partial charge in [0.1, 0.15) is 11.2 Å². The first-order chi connectivity index (χ1) is 47.3. The number of anilines is 3. The lowest BCUT2D eigenvalue weighted by Crippen LogP contribution is -2.28. The Bertz CT molecular complexity index is 5810. The van der Waals surface area contributed by atoms with E-state index in [0.29, 0.717) is 4.90 Å². The zero-order chi connectivity index (χ0) is 73.9. The van der Waals surface area contributed by atoms with E-state index in [0.717, 1.165) is 36.4 Å². The largest absolute Gasteiger partial charge is 0.456 e. The lowest BCUT2D eigenvalue weighted by molar-refractivity contribution is 0.669. The summed E-state index contributed by atoms with van der Waals surface area (Å²) in [5.41, 5.74) is -14.6. The summed E-state index contributed by atoms with van der Waals surface area (Å²) in [6, 6.07) is -20.7. The minimum Gasteiger partial charge on any atom is -0.456 e. The van der Waals surface area contributed by atoms with E-state index in [2.05, 4.69) is 0 Å². The van der Waals surface area contributed by atoms with Gasteiger partial charge < -0.3 is 9.32 Å². The highest BCUT2D eigenvalue weighted by Gasteiger charge is 2.46. The van der Waals surface area contributed by atoms with E-state index in [1.165, 1.54) is 18.2 Å². The number of furan rings is 1. The van der Waals surface area contributed by atoms with E-state index in [-0.39, 0.29) is 33.2 Å². The van der Waals surface area contributed by atoms with Gasteiger partial charge in [0.15, 0.2) is 0 Å². The lowest BCUT2D eigenvalue weighted by Gasteiger charge is -2.35. The average molecular weight is 888 g/mol. The fourth-order valence-electron chi connectivity index (χ4n) is 8.51. The Kier molecular flexibility index (Phi) is 4.14. The zero-order valence-corrected chi connectivity index (χ0v) is 34.1. The molecule has 11 aromatic carbocycles. The Labute approximate surface area is 438 Å². The van der Waals surface area contributed by atoms with Crippen LogP contribution in [0.4, 0.5) is 17.1 Å². The van der Waals surface area contributed by atoms with Crippen molar-refractivity contribution < 1.29 is 51.0 Å².